The number of urea groups is 1. The van der Waals surface area contributed by atoms with Gasteiger partial charge in [0, 0.05) is 18.8 Å². The number of anilines is 1. The number of ether oxygens (including phenoxy) is 2. The zero-order valence-electron chi connectivity index (χ0n) is 17.3. The van der Waals surface area contributed by atoms with Gasteiger partial charge in [-0.05, 0) is 42.3 Å². The third kappa shape index (κ3) is 7.06. The second-order valence-electron chi connectivity index (χ2n) is 6.80. The lowest BCUT2D eigenvalue weighted by Crippen LogP contribution is -2.34. The van der Waals surface area contributed by atoms with Gasteiger partial charge in [-0.1, -0.05) is 42.5 Å². The van der Waals surface area contributed by atoms with Crippen LogP contribution in [0, 0.1) is 0 Å². The SMILES string of the molecule is CCOCCOCc1cccc(NC(=O)N(Cc2ccccc2)Cc2ccco2)c1. The Hall–Kier alpha value is -3.09. The molecule has 0 aliphatic carbocycles. The van der Waals surface area contributed by atoms with Crippen LogP contribution >= 0.6 is 0 Å². The lowest BCUT2D eigenvalue weighted by molar-refractivity contribution is 0.0453. The highest BCUT2D eigenvalue weighted by molar-refractivity contribution is 5.89. The van der Waals surface area contributed by atoms with Crippen LogP contribution < -0.4 is 5.32 Å². The molecular formula is C24H28N2O4. The summed E-state index contributed by atoms with van der Waals surface area (Å²) in [5.74, 6) is 0.734. The quantitative estimate of drug-likeness (QED) is 0.450. The summed E-state index contributed by atoms with van der Waals surface area (Å²) in [7, 11) is 0. The molecule has 1 aromatic heterocycles. The van der Waals surface area contributed by atoms with Crippen LogP contribution in [0.5, 0.6) is 0 Å². The summed E-state index contributed by atoms with van der Waals surface area (Å²) in [6.45, 7) is 5.09. The summed E-state index contributed by atoms with van der Waals surface area (Å²) >= 11 is 0. The molecule has 2 amide bonds. The molecule has 158 valence electrons. The van der Waals surface area contributed by atoms with E-state index in [0.29, 0.717) is 39.5 Å². The first kappa shape index (κ1) is 21.6. The molecule has 0 aliphatic rings. The molecule has 3 rings (SSSR count). The van der Waals surface area contributed by atoms with Gasteiger partial charge in [0.05, 0.1) is 32.6 Å². The number of benzene rings is 2. The topological polar surface area (TPSA) is 63.9 Å². The molecule has 0 unspecified atom stereocenters. The summed E-state index contributed by atoms with van der Waals surface area (Å²) in [5, 5.41) is 2.99. The molecule has 0 radical (unpaired) electrons. The Morgan fingerprint density at radius 1 is 0.933 bits per heavy atom. The van der Waals surface area contributed by atoms with Gasteiger partial charge in [0.2, 0.25) is 0 Å². The van der Waals surface area contributed by atoms with Crippen molar-refractivity contribution in [3.63, 3.8) is 0 Å². The minimum atomic E-state index is -0.190. The van der Waals surface area contributed by atoms with Crippen LogP contribution in [-0.4, -0.2) is 30.8 Å². The molecule has 0 bridgehead atoms. The molecule has 0 spiro atoms. The molecule has 2 aromatic carbocycles. The minimum Gasteiger partial charge on any atom is -0.467 e. The fraction of sp³-hybridized carbons (Fsp3) is 0.292. The van der Waals surface area contributed by atoms with E-state index in [9.17, 15) is 4.79 Å². The Kier molecular flexibility index (Phi) is 8.50. The van der Waals surface area contributed by atoms with E-state index in [-0.39, 0.29) is 6.03 Å². The van der Waals surface area contributed by atoms with Crippen LogP contribution in [0.15, 0.2) is 77.4 Å². The van der Waals surface area contributed by atoms with Crippen molar-refractivity contribution in [3.05, 3.63) is 89.9 Å². The predicted octanol–water partition coefficient (Wildman–Crippen LogP) is 5.07. The lowest BCUT2D eigenvalue weighted by atomic mass is 10.2. The molecule has 0 saturated heterocycles. The number of nitrogens with zero attached hydrogens (tertiary/aromatic N) is 1. The smallest absolute Gasteiger partial charge is 0.322 e. The molecule has 1 heterocycles. The van der Waals surface area contributed by atoms with Gasteiger partial charge in [0.15, 0.2) is 0 Å². The molecule has 0 fully saturated rings. The number of carbonyl (C=O) groups excluding carboxylic acids is 1. The van der Waals surface area contributed by atoms with E-state index in [2.05, 4.69) is 5.32 Å². The molecule has 0 atom stereocenters. The molecule has 3 aromatic rings. The maximum atomic E-state index is 13.0. The molecule has 6 nitrogen and oxygen atoms in total. The third-order valence-corrected chi connectivity index (χ3v) is 4.45. The zero-order chi connectivity index (χ0) is 21.0. The highest BCUT2D eigenvalue weighted by Gasteiger charge is 2.16. The van der Waals surface area contributed by atoms with Crippen molar-refractivity contribution in [2.75, 3.05) is 25.1 Å². The second kappa shape index (κ2) is 11.8. The first-order valence-corrected chi connectivity index (χ1v) is 10.1. The maximum absolute atomic E-state index is 13.0. The molecule has 6 heteroatoms. The zero-order valence-corrected chi connectivity index (χ0v) is 17.3. The van der Waals surface area contributed by atoms with Crippen LogP contribution in [0.25, 0.3) is 0 Å². The Labute approximate surface area is 177 Å². The van der Waals surface area contributed by atoms with Gasteiger partial charge in [0.1, 0.15) is 5.76 Å². The Morgan fingerprint density at radius 2 is 1.73 bits per heavy atom. The summed E-state index contributed by atoms with van der Waals surface area (Å²) in [4.78, 5) is 14.7. The largest absolute Gasteiger partial charge is 0.467 e. The molecule has 1 N–H and O–H groups in total. The van der Waals surface area contributed by atoms with E-state index in [1.807, 2.05) is 73.7 Å². The van der Waals surface area contributed by atoms with Crippen molar-refractivity contribution in [1.82, 2.24) is 4.90 Å². The predicted molar refractivity (Wildman–Crippen MR) is 116 cm³/mol. The number of amides is 2. The summed E-state index contributed by atoms with van der Waals surface area (Å²) in [6, 6.07) is 21.1. The van der Waals surface area contributed by atoms with Gasteiger partial charge < -0.3 is 24.1 Å². The van der Waals surface area contributed by atoms with Crippen LogP contribution in [0.3, 0.4) is 0 Å². The minimum absolute atomic E-state index is 0.190. The van der Waals surface area contributed by atoms with E-state index in [0.717, 1.165) is 22.6 Å². The first-order chi connectivity index (χ1) is 14.7. The molecule has 30 heavy (non-hydrogen) atoms. The second-order valence-corrected chi connectivity index (χ2v) is 6.80. The van der Waals surface area contributed by atoms with Crippen LogP contribution in [0.4, 0.5) is 10.5 Å². The Morgan fingerprint density at radius 3 is 2.50 bits per heavy atom. The normalized spacial score (nSPS) is 10.7. The number of hydrogen-bond acceptors (Lipinski definition) is 4. The summed E-state index contributed by atoms with van der Waals surface area (Å²) < 4.78 is 16.3. The molecular weight excluding hydrogens is 380 g/mol. The number of nitrogens with one attached hydrogen (secondary N) is 1. The maximum Gasteiger partial charge on any atom is 0.322 e. The van der Waals surface area contributed by atoms with E-state index in [4.69, 9.17) is 13.9 Å². The highest BCUT2D eigenvalue weighted by Crippen LogP contribution is 2.16. The molecule has 0 aliphatic heterocycles. The van der Waals surface area contributed by atoms with Gasteiger partial charge >= 0.3 is 6.03 Å². The van der Waals surface area contributed by atoms with Gasteiger partial charge in [-0.3, -0.25) is 0 Å². The van der Waals surface area contributed by atoms with Gasteiger partial charge in [-0.25, -0.2) is 4.79 Å². The number of carbonyl (C=O) groups is 1. The summed E-state index contributed by atoms with van der Waals surface area (Å²) in [5.41, 5.74) is 2.77. The van der Waals surface area contributed by atoms with Gasteiger partial charge in [-0.2, -0.15) is 0 Å². The Balaban J connectivity index is 1.62. The van der Waals surface area contributed by atoms with E-state index < -0.39 is 0 Å². The van der Waals surface area contributed by atoms with Gasteiger partial charge in [-0.15, -0.1) is 0 Å². The fourth-order valence-electron chi connectivity index (χ4n) is 2.99. The molecule has 0 saturated carbocycles. The fourth-order valence-corrected chi connectivity index (χ4v) is 2.99. The monoisotopic (exact) mass is 408 g/mol. The average molecular weight is 408 g/mol. The highest BCUT2D eigenvalue weighted by atomic mass is 16.5. The van der Waals surface area contributed by atoms with Crippen LogP contribution in [0.2, 0.25) is 0 Å². The summed E-state index contributed by atoms with van der Waals surface area (Å²) in [6.07, 6.45) is 1.61. The van der Waals surface area contributed by atoms with E-state index in [1.54, 1.807) is 11.2 Å². The van der Waals surface area contributed by atoms with Crippen molar-refractivity contribution in [1.29, 1.82) is 0 Å². The van der Waals surface area contributed by atoms with Crippen molar-refractivity contribution in [2.24, 2.45) is 0 Å². The van der Waals surface area contributed by atoms with Crippen LogP contribution in [0.1, 0.15) is 23.8 Å². The van der Waals surface area contributed by atoms with E-state index >= 15 is 0 Å². The van der Waals surface area contributed by atoms with E-state index in [1.165, 1.54) is 0 Å². The number of furan rings is 1. The van der Waals surface area contributed by atoms with Crippen LogP contribution in [-0.2, 0) is 29.2 Å². The lowest BCUT2D eigenvalue weighted by Gasteiger charge is -2.22. The Bertz CT molecular complexity index is 881. The average Bonchev–Trinajstić information content (AvgIpc) is 3.27. The van der Waals surface area contributed by atoms with Crippen molar-refractivity contribution in [3.8, 4) is 0 Å². The third-order valence-electron chi connectivity index (χ3n) is 4.45. The number of hydrogen-bond donors (Lipinski definition) is 1. The first-order valence-electron chi connectivity index (χ1n) is 10.1. The number of rotatable bonds is 11. The van der Waals surface area contributed by atoms with Crippen molar-refractivity contribution >= 4 is 11.7 Å². The van der Waals surface area contributed by atoms with Crippen molar-refractivity contribution in [2.45, 2.75) is 26.6 Å². The standard InChI is InChI=1S/C24H28N2O4/c1-2-28-14-15-29-19-21-10-6-11-22(16-21)25-24(27)26(18-23-12-7-13-30-23)17-20-8-4-3-5-9-20/h3-13,16H,2,14-15,17-19H2,1H3,(H,25,27). The van der Waals surface area contributed by atoms with Crippen molar-refractivity contribution < 1.29 is 18.7 Å². The van der Waals surface area contributed by atoms with Gasteiger partial charge in [0.25, 0.3) is 0 Å².